The molecule has 1 fully saturated rings. The van der Waals surface area contributed by atoms with Crippen LogP contribution in [0.3, 0.4) is 0 Å². The molecule has 3 rings (SSSR count). The van der Waals surface area contributed by atoms with E-state index in [1.807, 2.05) is 43.3 Å². The minimum absolute atomic E-state index is 0.533. The molecule has 1 saturated heterocycles. The van der Waals surface area contributed by atoms with Gasteiger partial charge in [-0.15, -0.1) is 0 Å². The van der Waals surface area contributed by atoms with Gasteiger partial charge in [-0.05, 0) is 55.0 Å². The van der Waals surface area contributed by atoms with Crippen molar-refractivity contribution in [3.63, 3.8) is 0 Å². The van der Waals surface area contributed by atoms with Crippen molar-refractivity contribution in [3.8, 4) is 11.5 Å². The summed E-state index contributed by atoms with van der Waals surface area (Å²) in [6.07, 6.45) is 3.86. The van der Waals surface area contributed by atoms with Crippen LogP contribution in [0.4, 0.5) is 5.69 Å². The zero-order chi connectivity index (χ0) is 22.2. The number of hydrogen-bond donors (Lipinski definition) is 1. The van der Waals surface area contributed by atoms with E-state index in [1.165, 1.54) is 0 Å². The molecular formula is C24H28Cl2N2O3. The number of ether oxygens (including phenoxy) is 3. The number of methoxy groups -OCH3 is 1. The largest absolute Gasteiger partial charge is 0.495 e. The number of anilines is 1. The van der Waals surface area contributed by atoms with Gasteiger partial charge in [0.15, 0.2) is 0 Å². The summed E-state index contributed by atoms with van der Waals surface area (Å²) in [5.41, 5.74) is 3.43. The molecule has 2 aromatic carbocycles. The first-order chi connectivity index (χ1) is 15.0. The Labute approximate surface area is 194 Å². The number of benzene rings is 2. The summed E-state index contributed by atoms with van der Waals surface area (Å²) in [6, 6.07) is 9.26. The summed E-state index contributed by atoms with van der Waals surface area (Å²) in [7, 11) is 1.59. The minimum Gasteiger partial charge on any atom is -0.495 e. The Morgan fingerprint density at radius 1 is 1.16 bits per heavy atom. The Bertz CT molecular complexity index is 941. The summed E-state index contributed by atoms with van der Waals surface area (Å²) in [4.78, 5) is 2.34. The maximum atomic E-state index is 6.36. The molecule has 1 heterocycles. The molecule has 5 nitrogen and oxygen atoms in total. The van der Waals surface area contributed by atoms with Gasteiger partial charge in [0.05, 0.1) is 25.3 Å². The molecule has 1 N–H and O–H groups in total. The summed E-state index contributed by atoms with van der Waals surface area (Å²) in [5, 5.41) is 4.46. The van der Waals surface area contributed by atoms with Crippen LogP contribution in [0.15, 0.2) is 48.7 Å². The predicted molar refractivity (Wildman–Crippen MR) is 129 cm³/mol. The second kappa shape index (κ2) is 11.4. The number of halogens is 2. The van der Waals surface area contributed by atoms with E-state index < -0.39 is 0 Å². The van der Waals surface area contributed by atoms with Crippen LogP contribution in [0, 0.1) is 6.92 Å². The van der Waals surface area contributed by atoms with Gasteiger partial charge in [0.1, 0.15) is 18.1 Å². The quantitative estimate of drug-likeness (QED) is 0.486. The smallest absolute Gasteiger partial charge is 0.137 e. The van der Waals surface area contributed by atoms with Crippen molar-refractivity contribution in [1.29, 1.82) is 0 Å². The normalized spacial score (nSPS) is 14.6. The van der Waals surface area contributed by atoms with Crippen molar-refractivity contribution >= 4 is 35.0 Å². The first kappa shape index (κ1) is 23.5. The number of allylic oxidation sites excluding steroid dienone is 1. The molecule has 0 aromatic heterocycles. The lowest BCUT2D eigenvalue weighted by Crippen LogP contribution is -2.38. The minimum atomic E-state index is 0.533. The molecule has 0 bridgehead atoms. The molecule has 0 atom stereocenters. The highest BCUT2D eigenvalue weighted by Gasteiger charge is 2.12. The van der Waals surface area contributed by atoms with Gasteiger partial charge < -0.3 is 19.5 Å². The Morgan fingerprint density at radius 2 is 1.90 bits per heavy atom. The Morgan fingerprint density at radius 3 is 2.61 bits per heavy atom. The third kappa shape index (κ3) is 6.65. The highest BCUT2D eigenvalue weighted by Crippen LogP contribution is 2.31. The van der Waals surface area contributed by atoms with E-state index in [1.54, 1.807) is 13.2 Å². The fraction of sp³-hybridized carbons (Fsp3) is 0.333. The van der Waals surface area contributed by atoms with Crippen molar-refractivity contribution in [1.82, 2.24) is 4.90 Å². The highest BCUT2D eigenvalue weighted by atomic mass is 35.5. The van der Waals surface area contributed by atoms with E-state index in [-0.39, 0.29) is 0 Å². The van der Waals surface area contributed by atoms with Crippen molar-refractivity contribution in [2.75, 3.05) is 51.9 Å². The summed E-state index contributed by atoms with van der Waals surface area (Å²) < 4.78 is 16.7. The molecule has 0 aliphatic carbocycles. The fourth-order valence-electron chi connectivity index (χ4n) is 3.27. The molecule has 166 valence electrons. The molecule has 0 unspecified atom stereocenters. The molecule has 0 radical (unpaired) electrons. The van der Waals surface area contributed by atoms with Gasteiger partial charge in [0.2, 0.25) is 0 Å². The molecule has 2 aromatic rings. The number of rotatable bonds is 9. The third-order valence-electron chi connectivity index (χ3n) is 5.09. The molecular weight excluding hydrogens is 435 g/mol. The lowest BCUT2D eigenvalue weighted by atomic mass is 10.1. The van der Waals surface area contributed by atoms with E-state index >= 15 is 0 Å². The van der Waals surface area contributed by atoms with E-state index in [9.17, 15) is 0 Å². The first-order valence-corrected chi connectivity index (χ1v) is 10.9. The van der Waals surface area contributed by atoms with Gasteiger partial charge in [-0.2, -0.15) is 0 Å². The van der Waals surface area contributed by atoms with E-state index in [4.69, 9.17) is 37.4 Å². The van der Waals surface area contributed by atoms with Crippen molar-refractivity contribution < 1.29 is 14.2 Å². The maximum absolute atomic E-state index is 6.36. The van der Waals surface area contributed by atoms with E-state index in [0.29, 0.717) is 28.1 Å². The van der Waals surface area contributed by atoms with Gasteiger partial charge in [0, 0.05) is 41.6 Å². The summed E-state index contributed by atoms with van der Waals surface area (Å²) in [6.45, 7) is 11.0. The van der Waals surface area contributed by atoms with Crippen LogP contribution in [-0.2, 0) is 4.74 Å². The number of nitrogens with zero attached hydrogens (tertiary/aromatic N) is 1. The molecule has 0 amide bonds. The van der Waals surface area contributed by atoms with Gasteiger partial charge >= 0.3 is 0 Å². The zero-order valence-electron chi connectivity index (χ0n) is 17.9. The third-order valence-corrected chi connectivity index (χ3v) is 5.79. The Balaban J connectivity index is 1.65. The fourth-order valence-corrected chi connectivity index (χ4v) is 3.70. The topological polar surface area (TPSA) is 43.0 Å². The van der Waals surface area contributed by atoms with Crippen LogP contribution in [0.2, 0.25) is 10.0 Å². The van der Waals surface area contributed by atoms with Crippen LogP contribution in [-0.4, -0.2) is 51.5 Å². The van der Waals surface area contributed by atoms with Crippen molar-refractivity contribution in [2.45, 2.75) is 6.92 Å². The van der Waals surface area contributed by atoms with Gasteiger partial charge in [0.25, 0.3) is 0 Å². The van der Waals surface area contributed by atoms with Gasteiger partial charge in [-0.1, -0.05) is 29.8 Å². The maximum Gasteiger partial charge on any atom is 0.137 e. The summed E-state index contributed by atoms with van der Waals surface area (Å²) >= 11 is 12.6. The van der Waals surface area contributed by atoms with Gasteiger partial charge in [-0.3, -0.25) is 4.90 Å². The number of nitrogens with one attached hydrogen (secondary N) is 1. The van der Waals surface area contributed by atoms with Crippen LogP contribution in [0.5, 0.6) is 11.5 Å². The molecule has 7 heteroatoms. The second-order valence-electron chi connectivity index (χ2n) is 7.22. The SMILES string of the molecule is C=C(/C=C\c1c(OCCN2CCOCC2)ccc(Cl)c1C)Nc1ccc(OC)c(Cl)c1. The Kier molecular flexibility index (Phi) is 8.67. The van der Waals surface area contributed by atoms with E-state index in [0.717, 1.165) is 55.4 Å². The number of hydrogen-bond acceptors (Lipinski definition) is 5. The second-order valence-corrected chi connectivity index (χ2v) is 8.03. The van der Waals surface area contributed by atoms with Crippen LogP contribution >= 0.6 is 23.2 Å². The lowest BCUT2D eigenvalue weighted by molar-refractivity contribution is 0.0322. The zero-order valence-corrected chi connectivity index (χ0v) is 19.4. The standard InChI is InChI=1S/C24H28Cl2N2O3/c1-17(27-19-5-8-24(29-3)22(26)16-19)4-6-20-18(2)21(25)7-9-23(20)31-15-12-28-10-13-30-14-11-28/h4-9,16,27H,1,10-15H2,2-3H3/b6-4-. The molecule has 0 spiro atoms. The average molecular weight is 463 g/mol. The number of morpholine rings is 1. The van der Waals surface area contributed by atoms with Crippen LogP contribution in [0.25, 0.3) is 6.08 Å². The van der Waals surface area contributed by atoms with Crippen LogP contribution in [0.1, 0.15) is 11.1 Å². The predicted octanol–water partition coefficient (Wildman–Crippen LogP) is 5.66. The summed E-state index contributed by atoms with van der Waals surface area (Å²) in [5.74, 6) is 1.42. The lowest BCUT2D eigenvalue weighted by Gasteiger charge is -2.26. The average Bonchev–Trinajstić information content (AvgIpc) is 2.76. The molecule has 1 aliphatic heterocycles. The molecule has 0 saturated carbocycles. The monoisotopic (exact) mass is 462 g/mol. The van der Waals surface area contributed by atoms with Crippen molar-refractivity contribution in [2.24, 2.45) is 0 Å². The highest BCUT2D eigenvalue weighted by molar-refractivity contribution is 6.32. The molecule has 31 heavy (non-hydrogen) atoms. The van der Waals surface area contributed by atoms with Gasteiger partial charge in [-0.25, -0.2) is 0 Å². The van der Waals surface area contributed by atoms with Crippen LogP contribution < -0.4 is 14.8 Å². The Hall–Kier alpha value is -2.18. The van der Waals surface area contributed by atoms with E-state index in [2.05, 4.69) is 16.8 Å². The molecule has 1 aliphatic rings. The first-order valence-electron chi connectivity index (χ1n) is 10.2. The van der Waals surface area contributed by atoms with Crippen molar-refractivity contribution in [3.05, 3.63) is 69.9 Å².